The SMILES string of the molecule is CC(C)C1CC(NCC(F)F)CCO1. The van der Waals surface area contributed by atoms with E-state index in [-0.39, 0.29) is 18.7 Å². The summed E-state index contributed by atoms with van der Waals surface area (Å²) in [4.78, 5) is 0. The lowest BCUT2D eigenvalue weighted by Gasteiger charge is -2.32. The molecular weight excluding hydrogens is 188 g/mol. The summed E-state index contributed by atoms with van der Waals surface area (Å²) in [5.41, 5.74) is 0. The highest BCUT2D eigenvalue weighted by Gasteiger charge is 2.24. The maximum Gasteiger partial charge on any atom is 0.250 e. The fourth-order valence-electron chi connectivity index (χ4n) is 1.73. The van der Waals surface area contributed by atoms with Crippen LogP contribution in [-0.4, -0.2) is 31.7 Å². The van der Waals surface area contributed by atoms with Gasteiger partial charge >= 0.3 is 0 Å². The number of halogens is 2. The second kappa shape index (κ2) is 5.61. The van der Waals surface area contributed by atoms with Crippen molar-refractivity contribution in [1.82, 2.24) is 5.32 Å². The van der Waals surface area contributed by atoms with Gasteiger partial charge in [0, 0.05) is 12.6 Å². The van der Waals surface area contributed by atoms with E-state index >= 15 is 0 Å². The topological polar surface area (TPSA) is 21.3 Å². The summed E-state index contributed by atoms with van der Waals surface area (Å²) in [5.74, 6) is 0.464. The third kappa shape index (κ3) is 3.88. The van der Waals surface area contributed by atoms with Gasteiger partial charge in [0.25, 0.3) is 6.43 Å². The fraction of sp³-hybridized carbons (Fsp3) is 1.00. The van der Waals surface area contributed by atoms with Gasteiger partial charge in [0.15, 0.2) is 0 Å². The maximum absolute atomic E-state index is 12.0. The van der Waals surface area contributed by atoms with Gasteiger partial charge in [0.2, 0.25) is 0 Å². The van der Waals surface area contributed by atoms with Crippen molar-refractivity contribution in [2.24, 2.45) is 5.92 Å². The number of alkyl halides is 2. The van der Waals surface area contributed by atoms with Gasteiger partial charge < -0.3 is 10.1 Å². The molecular formula is C10H19F2NO. The first-order valence-electron chi connectivity index (χ1n) is 5.22. The number of nitrogens with one attached hydrogen (secondary N) is 1. The van der Waals surface area contributed by atoms with Gasteiger partial charge in [-0.2, -0.15) is 0 Å². The van der Waals surface area contributed by atoms with E-state index in [2.05, 4.69) is 19.2 Å². The van der Waals surface area contributed by atoms with Crippen LogP contribution in [-0.2, 0) is 4.74 Å². The first-order valence-corrected chi connectivity index (χ1v) is 5.22. The molecule has 1 heterocycles. The Balaban J connectivity index is 2.25. The van der Waals surface area contributed by atoms with Gasteiger partial charge in [-0.25, -0.2) is 8.78 Å². The summed E-state index contributed by atoms with van der Waals surface area (Å²) in [6.45, 7) is 4.68. The van der Waals surface area contributed by atoms with Crippen LogP contribution in [0.4, 0.5) is 8.78 Å². The molecule has 0 saturated carbocycles. The molecule has 0 aromatic rings. The molecule has 84 valence electrons. The van der Waals surface area contributed by atoms with Crippen LogP contribution in [0.15, 0.2) is 0 Å². The van der Waals surface area contributed by atoms with Crippen LogP contribution in [0.5, 0.6) is 0 Å². The third-order valence-corrected chi connectivity index (χ3v) is 2.62. The van der Waals surface area contributed by atoms with E-state index < -0.39 is 6.43 Å². The van der Waals surface area contributed by atoms with Crippen LogP contribution >= 0.6 is 0 Å². The summed E-state index contributed by atoms with van der Waals surface area (Å²) in [7, 11) is 0. The molecule has 14 heavy (non-hydrogen) atoms. The van der Waals surface area contributed by atoms with E-state index in [9.17, 15) is 8.78 Å². The van der Waals surface area contributed by atoms with Crippen molar-refractivity contribution >= 4 is 0 Å². The Morgan fingerprint density at radius 2 is 2.14 bits per heavy atom. The van der Waals surface area contributed by atoms with Gasteiger partial charge in [-0.05, 0) is 18.8 Å². The minimum absolute atomic E-state index is 0.199. The van der Waals surface area contributed by atoms with Crippen LogP contribution in [0.3, 0.4) is 0 Å². The van der Waals surface area contributed by atoms with Gasteiger partial charge in [-0.15, -0.1) is 0 Å². The van der Waals surface area contributed by atoms with Crippen molar-refractivity contribution in [3.05, 3.63) is 0 Å². The number of hydrogen-bond donors (Lipinski definition) is 1. The molecule has 2 atom stereocenters. The first-order chi connectivity index (χ1) is 6.59. The molecule has 0 radical (unpaired) electrons. The molecule has 1 rings (SSSR count). The van der Waals surface area contributed by atoms with Crippen molar-refractivity contribution in [2.75, 3.05) is 13.2 Å². The molecule has 0 bridgehead atoms. The molecule has 0 aromatic carbocycles. The molecule has 4 heteroatoms. The molecule has 0 spiro atoms. The van der Waals surface area contributed by atoms with Gasteiger partial charge in [-0.3, -0.25) is 0 Å². The molecule has 1 N–H and O–H groups in total. The Labute approximate surface area is 84.0 Å². The average molecular weight is 207 g/mol. The second-order valence-corrected chi connectivity index (χ2v) is 4.17. The summed E-state index contributed by atoms with van der Waals surface area (Å²) in [6.07, 6.45) is -0.338. The van der Waals surface area contributed by atoms with Crippen molar-refractivity contribution in [1.29, 1.82) is 0 Å². The van der Waals surface area contributed by atoms with Crippen LogP contribution < -0.4 is 5.32 Å². The number of ether oxygens (including phenoxy) is 1. The molecule has 2 unspecified atom stereocenters. The summed E-state index contributed by atoms with van der Waals surface area (Å²) >= 11 is 0. The summed E-state index contributed by atoms with van der Waals surface area (Å²) in [6, 6.07) is 0.199. The minimum Gasteiger partial charge on any atom is -0.378 e. The zero-order valence-electron chi connectivity index (χ0n) is 8.80. The van der Waals surface area contributed by atoms with Crippen molar-refractivity contribution in [2.45, 2.75) is 45.3 Å². The zero-order chi connectivity index (χ0) is 10.6. The van der Waals surface area contributed by atoms with E-state index in [0.29, 0.717) is 12.5 Å². The van der Waals surface area contributed by atoms with Gasteiger partial charge in [-0.1, -0.05) is 13.8 Å². The molecule has 0 aromatic heterocycles. The Morgan fingerprint density at radius 3 is 2.71 bits per heavy atom. The second-order valence-electron chi connectivity index (χ2n) is 4.17. The lowest BCUT2D eigenvalue weighted by molar-refractivity contribution is -0.0263. The Hall–Kier alpha value is -0.220. The van der Waals surface area contributed by atoms with Crippen molar-refractivity contribution in [3.8, 4) is 0 Å². The van der Waals surface area contributed by atoms with E-state index in [1.165, 1.54) is 0 Å². The van der Waals surface area contributed by atoms with Crippen molar-refractivity contribution in [3.63, 3.8) is 0 Å². The average Bonchev–Trinajstić information content (AvgIpc) is 2.15. The lowest BCUT2D eigenvalue weighted by atomic mass is 9.95. The maximum atomic E-state index is 12.0. The summed E-state index contributed by atoms with van der Waals surface area (Å²) in [5, 5.41) is 2.88. The predicted octanol–water partition coefficient (Wildman–Crippen LogP) is 2.04. The lowest BCUT2D eigenvalue weighted by Crippen LogP contribution is -2.42. The highest BCUT2D eigenvalue weighted by Crippen LogP contribution is 2.20. The highest BCUT2D eigenvalue weighted by molar-refractivity contribution is 4.78. The van der Waals surface area contributed by atoms with Crippen LogP contribution in [0.25, 0.3) is 0 Å². The molecule has 0 amide bonds. The molecule has 2 nitrogen and oxygen atoms in total. The van der Waals surface area contributed by atoms with Crippen LogP contribution in [0.1, 0.15) is 26.7 Å². The fourth-order valence-corrected chi connectivity index (χ4v) is 1.73. The minimum atomic E-state index is -2.25. The van der Waals surface area contributed by atoms with E-state index in [0.717, 1.165) is 12.8 Å². The smallest absolute Gasteiger partial charge is 0.250 e. The highest BCUT2D eigenvalue weighted by atomic mass is 19.3. The molecule has 1 aliphatic heterocycles. The number of hydrogen-bond acceptors (Lipinski definition) is 2. The Kier molecular flexibility index (Phi) is 4.75. The van der Waals surface area contributed by atoms with E-state index in [1.807, 2.05) is 0 Å². The van der Waals surface area contributed by atoms with Crippen molar-refractivity contribution < 1.29 is 13.5 Å². The van der Waals surface area contributed by atoms with Crippen LogP contribution in [0.2, 0.25) is 0 Å². The summed E-state index contributed by atoms with van der Waals surface area (Å²) < 4.78 is 29.5. The molecule has 1 saturated heterocycles. The zero-order valence-corrected chi connectivity index (χ0v) is 8.80. The van der Waals surface area contributed by atoms with Gasteiger partial charge in [0.05, 0.1) is 12.6 Å². The largest absolute Gasteiger partial charge is 0.378 e. The first kappa shape index (κ1) is 11.9. The van der Waals surface area contributed by atoms with Gasteiger partial charge in [0.1, 0.15) is 0 Å². The molecule has 1 fully saturated rings. The Morgan fingerprint density at radius 1 is 1.43 bits per heavy atom. The van der Waals surface area contributed by atoms with Crippen LogP contribution in [0, 0.1) is 5.92 Å². The Bertz CT molecular complexity index is 164. The van der Waals surface area contributed by atoms with E-state index in [4.69, 9.17) is 4.74 Å². The number of rotatable bonds is 4. The standard InChI is InChI=1S/C10H19F2NO/c1-7(2)9-5-8(3-4-14-9)13-6-10(11)12/h7-10,13H,3-6H2,1-2H3. The quantitative estimate of drug-likeness (QED) is 0.761. The monoisotopic (exact) mass is 207 g/mol. The normalized spacial score (nSPS) is 28.7. The van der Waals surface area contributed by atoms with E-state index in [1.54, 1.807) is 0 Å². The molecule has 0 aliphatic carbocycles. The molecule has 1 aliphatic rings. The third-order valence-electron chi connectivity index (χ3n) is 2.62. The predicted molar refractivity (Wildman–Crippen MR) is 51.6 cm³/mol.